The molecule has 20 heavy (non-hydrogen) atoms. The van der Waals surface area contributed by atoms with E-state index in [9.17, 15) is 13.6 Å². The Hall–Kier alpha value is -1.69. The van der Waals surface area contributed by atoms with E-state index in [0.717, 1.165) is 18.9 Å². The van der Waals surface area contributed by atoms with Gasteiger partial charge in [0.1, 0.15) is 0 Å². The van der Waals surface area contributed by atoms with Crippen LogP contribution in [0, 0.1) is 17.6 Å². The Balaban J connectivity index is 2.29. The van der Waals surface area contributed by atoms with Crippen LogP contribution < -0.4 is 10.6 Å². The van der Waals surface area contributed by atoms with E-state index < -0.39 is 23.2 Å². The van der Waals surface area contributed by atoms with Crippen molar-refractivity contribution in [3.63, 3.8) is 0 Å². The smallest absolute Gasteiger partial charge is 0.338 e. The van der Waals surface area contributed by atoms with Gasteiger partial charge < -0.3 is 15.7 Å². The maximum absolute atomic E-state index is 14.0. The molecular formula is C14H18F2N2O2. The van der Waals surface area contributed by atoms with Crippen molar-refractivity contribution in [2.45, 2.75) is 25.8 Å². The van der Waals surface area contributed by atoms with Crippen molar-refractivity contribution >= 4 is 11.7 Å². The van der Waals surface area contributed by atoms with Crippen molar-refractivity contribution in [1.29, 1.82) is 0 Å². The number of nitrogens with zero attached hydrogens (tertiary/aromatic N) is 1. The first-order valence-electron chi connectivity index (χ1n) is 6.63. The van der Waals surface area contributed by atoms with E-state index in [4.69, 9.17) is 10.8 Å². The second-order valence-corrected chi connectivity index (χ2v) is 5.27. The molecule has 0 saturated carbocycles. The van der Waals surface area contributed by atoms with Crippen molar-refractivity contribution < 1.29 is 18.7 Å². The third-order valence-corrected chi connectivity index (χ3v) is 3.83. The molecule has 1 saturated heterocycles. The second-order valence-electron chi connectivity index (χ2n) is 5.27. The van der Waals surface area contributed by atoms with Crippen LogP contribution in [0.25, 0.3) is 0 Å². The number of nitrogens with two attached hydrogens (primary N) is 1. The molecule has 2 rings (SSSR count). The van der Waals surface area contributed by atoms with Gasteiger partial charge in [-0.3, -0.25) is 0 Å². The number of hydrogen-bond acceptors (Lipinski definition) is 3. The Bertz CT molecular complexity index is 520. The standard InChI is InChI=1S/C14H18F2N2O2/c1-8(17)9-3-2-6-18(7-9)11-5-4-10(14(19)20)12(15)13(11)16/h4-5,8-9H,2-3,6-7,17H2,1H3,(H,19,20). The van der Waals surface area contributed by atoms with Crippen molar-refractivity contribution in [1.82, 2.24) is 0 Å². The molecule has 0 bridgehead atoms. The van der Waals surface area contributed by atoms with Gasteiger partial charge >= 0.3 is 5.97 Å². The summed E-state index contributed by atoms with van der Waals surface area (Å²) in [6, 6.07) is 2.42. The van der Waals surface area contributed by atoms with Crippen LogP contribution in [0.5, 0.6) is 0 Å². The lowest BCUT2D eigenvalue weighted by Crippen LogP contribution is -2.42. The molecule has 0 radical (unpaired) electrons. The number of carboxylic acids is 1. The van der Waals surface area contributed by atoms with Crippen LogP contribution in [0.3, 0.4) is 0 Å². The van der Waals surface area contributed by atoms with Crippen molar-refractivity contribution in [2.24, 2.45) is 11.7 Å². The highest BCUT2D eigenvalue weighted by atomic mass is 19.2. The molecule has 6 heteroatoms. The SMILES string of the molecule is CC(N)C1CCCN(c2ccc(C(=O)O)c(F)c2F)C1. The van der Waals surface area contributed by atoms with E-state index in [-0.39, 0.29) is 17.6 Å². The number of anilines is 1. The molecule has 110 valence electrons. The molecular weight excluding hydrogens is 266 g/mol. The summed E-state index contributed by atoms with van der Waals surface area (Å²) in [6.07, 6.45) is 1.82. The molecule has 1 heterocycles. The summed E-state index contributed by atoms with van der Waals surface area (Å²) in [6.45, 7) is 3.07. The van der Waals surface area contributed by atoms with Gasteiger partial charge in [0.2, 0.25) is 0 Å². The zero-order valence-electron chi connectivity index (χ0n) is 11.3. The number of aromatic carboxylic acids is 1. The number of carbonyl (C=O) groups is 1. The highest BCUT2D eigenvalue weighted by Crippen LogP contribution is 2.29. The fourth-order valence-electron chi connectivity index (χ4n) is 2.61. The molecule has 2 atom stereocenters. The first-order valence-corrected chi connectivity index (χ1v) is 6.63. The van der Waals surface area contributed by atoms with Gasteiger partial charge in [-0.15, -0.1) is 0 Å². The molecule has 1 aromatic carbocycles. The molecule has 0 spiro atoms. The van der Waals surface area contributed by atoms with E-state index in [1.165, 1.54) is 6.07 Å². The molecule has 0 amide bonds. The Labute approximate surface area is 116 Å². The molecule has 1 aliphatic rings. The van der Waals surface area contributed by atoms with Gasteiger partial charge in [-0.05, 0) is 37.8 Å². The molecule has 1 aromatic rings. The number of piperidine rings is 1. The summed E-state index contributed by atoms with van der Waals surface area (Å²) >= 11 is 0. The number of carboxylic acid groups (broad SMARTS) is 1. The van der Waals surface area contributed by atoms with Gasteiger partial charge in [0.15, 0.2) is 11.6 Å². The molecule has 0 aliphatic carbocycles. The Morgan fingerprint density at radius 3 is 2.75 bits per heavy atom. The lowest BCUT2D eigenvalue weighted by atomic mass is 9.92. The molecule has 1 fully saturated rings. The van der Waals surface area contributed by atoms with Crippen LogP contribution in [0.15, 0.2) is 12.1 Å². The van der Waals surface area contributed by atoms with Crippen molar-refractivity contribution in [3.8, 4) is 0 Å². The summed E-state index contributed by atoms with van der Waals surface area (Å²) in [5.74, 6) is -3.65. The fourth-order valence-corrected chi connectivity index (χ4v) is 2.61. The Kier molecular flexibility index (Phi) is 4.23. The van der Waals surface area contributed by atoms with Gasteiger partial charge in [-0.1, -0.05) is 0 Å². The lowest BCUT2D eigenvalue weighted by Gasteiger charge is -2.36. The van der Waals surface area contributed by atoms with Gasteiger partial charge in [-0.2, -0.15) is 0 Å². The molecule has 1 aliphatic heterocycles. The highest BCUT2D eigenvalue weighted by molar-refractivity contribution is 5.88. The van der Waals surface area contributed by atoms with E-state index in [1.807, 2.05) is 6.92 Å². The van der Waals surface area contributed by atoms with Crippen molar-refractivity contribution in [3.05, 3.63) is 29.3 Å². The fraction of sp³-hybridized carbons (Fsp3) is 0.500. The first kappa shape index (κ1) is 14.7. The minimum absolute atomic E-state index is 0.0102. The highest BCUT2D eigenvalue weighted by Gasteiger charge is 2.27. The third-order valence-electron chi connectivity index (χ3n) is 3.83. The van der Waals surface area contributed by atoms with Crippen LogP contribution in [0.4, 0.5) is 14.5 Å². The molecule has 2 unspecified atom stereocenters. The first-order chi connectivity index (χ1) is 9.41. The van der Waals surface area contributed by atoms with Gasteiger partial charge in [-0.25, -0.2) is 13.6 Å². The van der Waals surface area contributed by atoms with E-state index in [2.05, 4.69) is 0 Å². The summed E-state index contributed by atoms with van der Waals surface area (Å²) in [5, 5.41) is 8.77. The van der Waals surface area contributed by atoms with Crippen LogP contribution >= 0.6 is 0 Å². The van der Waals surface area contributed by atoms with Crippen molar-refractivity contribution in [2.75, 3.05) is 18.0 Å². The lowest BCUT2D eigenvalue weighted by molar-refractivity contribution is 0.0690. The zero-order valence-corrected chi connectivity index (χ0v) is 11.3. The monoisotopic (exact) mass is 284 g/mol. The molecule has 4 nitrogen and oxygen atoms in total. The van der Waals surface area contributed by atoms with Crippen LogP contribution in [-0.2, 0) is 0 Å². The average molecular weight is 284 g/mol. The van der Waals surface area contributed by atoms with E-state index in [1.54, 1.807) is 4.90 Å². The average Bonchev–Trinajstić information content (AvgIpc) is 2.41. The van der Waals surface area contributed by atoms with E-state index in [0.29, 0.717) is 13.1 Å². The summed E-state index contributed by atoms with van der Waals surface area (Å²) < 4.78 is 27.7. The van der Waals surface area contributed by atoms with Gasteiger partial charge in [0.05, 0.1) is 11.3 Å². The second kappa shape index (κ2) is 5.75. The maximum Gasteiger partial charge on any atom is 0.338 e. The predicted octanol–water partition coefficient (Wildman–Crippen LogP) is 2.23. The summed E-state index contributed by atoms with van der Waals surface area (Å²) in [5.41, 5.74) is 5.33. The summed E-state index contributed by atoms with van der Waals surface area (Å²) in [7, 11) is 0. The number of hydrogen-bond donors (Lipinski definition) is 2. The maximum atomic E-state index is 14.0. The van der Waals surface area contributed by atoms with Crippen LogP contribution in [0.1, 0.15) is 30.1 Å². The number of halogens is 2. The number of rotatable bonds is 3. The molecule has 3 N–H and O–H groups in total. The van der Waals surface area contributed by atoms with Gasteiger partial charge in [0, 0.05) is 19.1 Å². The Morgan fingerprint density at radius 2 is 2.15 bits per heavy atom. The quantitative estimate of drug-likeness (QED) is 0.893. The third kappa shape index (κ3) is 2.75. The van der Waals surface area contributed by atoms with Crippen LogP contribution in [-0.4, -0.2) is 30.2 Å². The summed E-state index contributed by atoms with van der Waals surface area (Å²) in [4.78, 5) is 12.5. The van der Waals surface area contributed by atoms with E-state index >= 15 is 0 Å². The minimum Gasteiger partial charge on any atom is -0.478 e. The normalized spacial score (nSPS) is 20.8. The van der Waals surface area contributed by atoms with Gasteiger partial charge in [0.25, 0.3) is 0 Å². The Morgan fingerprint density at radius 1 is 1.45 bits per heavy atom. The number of benzene rings is 1. The topological polar surface area (TPSA) is 66.6 Å². The largest absolute Gasteiger partial charge is 0.478 e. The zero-order chi connectivity index (χ0) is 14.9. The minimum atomic E-state index is -1.47. The molecule has 0 aromatic heterocycles. The predicted molar refractivity (Wildman–Crippen MR) is 71.9 cm³/mol. The van der Waals surface area contributed by atoms with Crippen LogP contribution in [0.2, 0.25) is 0 Å².